The Morgan fingerprint density at radius 3 is 2.02 bits per heavy atom. The fourth-order valence-corrected chi connectivity index (χ4v) is 11.2. The number of furan rings is 1. The predicted octanol–water partition coefficient (Wildman–Crippen LogP) is 16.9. The molecule has 0 saturated heterocycles. The van der Waals surface area contributed by atoms with Crippen LogP contribution in [0.25, 0.3) is 82.8 Å². The van der Waals surface area contributed by atoms with Crippen molar-refractivity contribution in [2.75, 3.05) is 4.90 Å². The van der Waals surface area contributed by atoms with Crippen molar-refractivity contribution in [3.8, 4) is 50.6 Å². The minimum atomic E-state index is -0.339. The number of nitrogens with zero attached hydrogens (tertiary/aromatic N) is 2. The SMILES string of the molecule is CC1(c2ccccc2)c2ccccc2-c2ccc(N(c3ccc(-c4cccc5oc6ccccc6c45)cc3)c3cccc(-c4ccc5c(c4)c4cccc6c4n5-c4ccccc4O6)c3)cc21. The molecule has 2 aromatic heterocycles. The van der Waals surface area contributed by atoms with Crippen LogP contribution in [0.4, 0.5) is 17.1 Å². The highest BCUT2D eigenvalue weighted by molar-refractivity contribution is 6.14. The minimum Gasteiger partial charge on any atom is -0.456 e. The number of ether oxygens (including phenoxy) is 1. The lowest BCUT2D eigenvalue weighted by atomic mass is 9.74. The molecule has 310 valence electrons. The summed E-state index contributed by atoms with van der Waals surface area (Å²) in [6.07, 6.45) is 0. The van der Waals surface area contributed by atoms with Crippen LogP contribution in [-0.2, 0) is 5.41 Å². The van der Waals surface area contributed by atoms with Crippen LogP contribution in [0.3, 0.4) is 0 Å². The summed E-state index contributed by atoms with van der Waals surface area (Å²) >= 11 is 0. The van der Waals surface area contributed by atoms with Gasteiger partial charge in [-0.1, -0.05) is 146 Å². The number of rotatable bonds is 6. The molecule has 66 heavy (non-hydrogen) atoms. The van der Waals surface area contributed by atoms with Gasteiger partial charge in [0, 0.05) is 44.0 Å². The molecule has 1 atom stereocenters. The molecule has 1 aliphatic carbocycles. The molecule has 1 aliphatic heterocycles. The fraction of sp³-hybridized carbons (Fsp3) is 0.0323. The largest absolute Gasteiger partial charge is 0.456 e. The average Bonchev–Trinajstić information content (AvgIpc) is 4.02. The van der Waals surface area contributed by atoms with Crippen molar-refractivity contribution in [1.29, 1.82) is 0 Å². The van der Waals surface area contributed by atoms with Gasteiger partial charge in [-0.25, -0.2) is 0 Å². The Morgan fingerprint density at radius 2 is 1.09 bits per heavy atom. The second-order valence-corrected chi connectivity index (χ2v) is 17.8. The molecule has 4 nitrogen and oxygen atoms in total. The van der Waals surface area contributed by atoms with E-state index in [0.717, 1.165) is 89.5 Å². The Balaban J connectivity index is 0.938. The van der Waals surface area contributed by atoms with E-state index in [9.17, 15) is 0 Å². The van der Waals surface area contributed by atoms with Gasteiger partial charge in [-0.15, -0.1) is 0 Å². The number of hydrogen-bond donors (Lipinski definition) is 0. The van der Waals surface area contributed by atoms with Crippen LogP contribution in [-0.4, -0.2) is 4.57 Å². The van der Waals surface area contributed by atoms with Gasteiger partial charge in [-0.05, 0) is 136 Å². The van der Waals surface area contributed by atoms with E-state index in [1.54, 1.807) is 0 Å². The molecular formula is C62H40N2O2. The van der Waals surface area contributed by atoms with Crippen molar-refractivity contribution in [3.05, 3.63) is 241 Å². The molecule has 0 bridgehead atoms. The lowest BCUT2D eigenvalue weighted by Gasteiger charge is -2.31. The highest BCUT2D eigenvalue weighted by Crippen LogP contribution is 2.54. The summed E-state index contributed by atoms with van der Waals surface area (Å²) in [7, 11) is 0. The summed E-state index contributed by atoms with van der Waals surface area (Å²) in [4.78, 5) is 2.42. The Kier molecular flexibility index (Phi) is 7.79. The first-order chi connectivity index (χ1) is 32.6. The van der Waals surface area contributed by atoms with Crippen LogP contribution >= 0.6 is 0 Å². The highest BCUT2D eigenvalue weighted by atomic mass is 16.5. The molecule has 1 unspecified atom stereocenters. The van der Waals surface area contributed by atoms with Crippen LogP contribution in [0.2, 0.25) is 0 Å². The van der Waals surface area contributed by atoms with E-state index in [1.165, 1.54) is 38.6 Å². The van der Waals surface area contributed by atoms with Crippen LogP contribution in [0.1, 0.15) is 23.6 Å². The van der Waals surface area contributed by atoms with Gasteiger partial charge in [0.05, 0.1) is 16.7 Å². The monoisotopic (exact) mass is 844 g/mol. The van der Waals surface area contributed by atoms with Crippen molar-refractivity contribution in [2.45, 2.75) is 12.3 Å². The second-order valence-electron chi connectivity index (χ2n) is 17.8. The molecule has 0 amide bonds. The van der Waals surface area contributed by atoms with Gasteiger partial charge in [0.25, 0.3) is 0 Å². The third kappa shape index (κ3) is 5.27. The number of fused-ring (bicyclic) bond motifs is 11. The molecule has 2 aliphatic rings. The van der Waals surface area contributed by atoms with Gasteiger partial charge >= 0.3 is 0 Å². The molecule has 3 heterocycles. The number of benzene rings is 10. The summed E-state index contributed by atoms with van der Waals surface area (Å²) in [5, 5.41) is 4.64. The van der Waals surface area contributed by atoms with E-state index in [1.807, 2.05) is 24.3 Å². The fourth-order valence-electron chi connectivity index (χ4n) is 11.2. The van der Waals surface area contributed by atoms with E-state index in [4.69, 9.17) is 9.15 Å². The molecule has 12 aromatic rings. The van der Waals surface area contributed by atoms with Gasteiger partial charge in [0.1, 0.15) is 11.2 Å². The maximum absolute atomic E-state index is 6.44. The zero-order valence-electron chi connectivity index (χ0n) is 36.1. The number of hydrogen-bond acceptors (Lipinski definition) is 3. The summed E-state index contributed by atoms with van der Waals surface area (Å²) in [6.45, 7) is 2.39. The lowest BCUT2D eigenvalue weighted by molar-refractivity contribution is 0.476. The third-order valence-corrected chi connectivity index (χ3v) is 14.3. The zero-order valence-corrected chi connectivity index (χ0v) is 36.1. The van der Waals surface area contributed by atoms with Crippen LogP contribution < -0.4 is 9.64 Å². The van der Waals surface area contributed by atoms with E-state index in [2.05, 4.69) is 217 Å². The van der Waals surface area contributed by atoms with Crippen LogP contribution in [0, 0.1) is 0 Å². The van der Waals surface area contributed by atoms with Crippen molar-refractivity contribution in [3.63, 3.8) is 0 Å². The van der Waals surface area contributed by atoms with Gasteiger partial charge in [-0.3, -0.25) is 0 Å². The highest BCUT2D eigenvalue weighted by Gasteiger charge is 2.41. The standard InChI is InChI=1S/C62H40N2O2/c1-62(42-15-3-2-4-16-42)52-22-7-5-18-47(52)48-34-33-45(38-53(48)62)63(43-31-28-39(29-32-43)46-20-12-26-58-60(46)50-19-6-9-24-56(50)65-58)44-17-11-14-40(36-44)41-30-35-54-51(37-41)49-21-13-27-59-61(49)64(54)55-23-8-10-25-57(55)66-59/h2-38H,1H3. The number of aromatic nitrogens is 1. The summed E-state index contributed by atoms with van der Waals surface area (Å²) in [5.41, 5.74) is 19.1. The first-order valence-electron chi connectivity index (χ1n) is 22.7. The lowest BCUT2D eigenvalue weighted by Crippen LogP contribution is -2.22. The topological polar surface area (TPSA) is 30.5 Å². The molecule has 14 rings (SSSR count). The zero-order chi connectivity index (χ0) is 43.5. The second kappa shape index (κ2) is 13.9. The van der Waals surface area contributed by atoms with Crippen molar-refractivity contribution < 1.29 is 9.15 Å². The van der Waals surface area contributed by atoms with Gasteiger partial charge in [-0.2, -0.15) is 0 Å². The summed E-state index contributed by atoms with van der Waals surface area (Å²) in [6, 6.07) is 81.2. The smallest absolute Gasteiger partial charge is 0.152 e. The molecule has 0 N–H and O–H groups in total. The summed E-state index contributed by atoms with van der Waals surface area (Å²) in [5.74, 6) is 1.75. The van der Waals surface area contributed by atoms with Gasteiger partial charge in [0.15, 0.2) is 11.5 Å². The van der Waals surface area contributed by atoms with Crippen LogP contribution in [0.5, 0.6) is 11.5 Å². The van der Waals surface area contributed by atoms with Crippen LogP contribution in [0.15, 0.2) is 229 Å². The Hall–Kier alpha value is -8.60. The first kappa shape index (κ1) is 36.8. The molecule has 0 spiro atoms. The van der Waals surface area contributed by atoms with E-state index in [0.29, 0.717) is 0 Å². The first-order valence-corrected chi connectivity index (χ1v) is 22.7. The van der Waals surface area contributed by atoms with Crippen molar-refractivity contribution in [1.82, 2.24) is 4.57 Å². The molecule has 0 saturated carbocycles. The Morgan fingerprint density at radius 1 is 0.424 bits per heavy atom. The van der Waals surface area contributed by atoms with E-state index < -0.39 is 0 Å². The molecule has 10 aromatic carbocycles. The third-order valence-electron chi connectivity index (χ3n) is 14.3. The quantitative estimate of drug-likeness (QED) is 0.167. The maximum Gasteiger partial charge on any atom is 0.152 e. The van der Waals surface area contributed by atoms with Crippen molar-refractivity contribution in [2.24, 2.45) is 0 Å². The Labute approximate surface area is 381 Å². The number of anilines is 3. The molecule has 0 radical (unpaired) electrons. The molecule has 0 fully saturated rings. The average molecular weight is 845 g/mol. The van der Waals surface area contributed by atoms with E-state index >= 15 is 0 Å². The Bertz CT molecular complexity index is 3930. The maximum atomic E-state index is 6.44. The molecule has 4 heteroatoms. The summed E-state index contributed by atoms with van der Waals surface area (Å²) < 4.78 is 15.1. The van der Waals surface area contributed by atoms with Crippen molar-refractivity contribution >= 4 is 60.8 Å². The molecular weight excluding hydrogens is 805 g/mol. The van der Waals surface area contributed by atoms with Gasteiger partial charge in [0.2, 0.25) is 0 Å². The van der Waals surface area contributed by atoms with Gasteiger partial charge < -0.3 is 18.6 Å². The normalized spacial score (nSPS) is 14.6. The predicted molar refractivity (Wildman–Crippen MR) is 271 cm³/mol. The van der Waals surface area contributed by atoms with E-state index in [-0.39, 0.29) is 5.41 Å². The number of para-hydroxylation sites is 4. The minimum absolute atomic E-state index is 0.339.